The number of thioether (sulfide) groups is 1. The summed E-state index contributed by atoms with van der Waals surface area (Å²) in [7, 11) is 0. The van der Waals surface area contributed by atoms with Crippen molar-refractivity contribution in [2.75, 3.05) is 25.4 Å². The second-order valence-corrected chi connectivity index (χ2v) is 5.98. The lowest BCUT2D eigenvalue weighted by molar-refractivity contribution is -0.396. The summed E-state index contributed by atoms with van der Waals surface area (Å²) in [5.41, 5.74) is -0.464. The number of aliphatic carboxylic acids is 1. The Hall–Kier alpha value is -2.41. The van der Waals surface area contributed by atoms with Crippen LogP contribution in [0.15, 0.2) is 23.1 Å². The van der Waals surface area contributed by atoms with Gasteiger partial charge < -0.3 is 10.0 Å². The molecular weight excluding hydrogens is 395 g/mol. The number of carbonyl (C=O) groups is 1. The summed E-state index contributed by atoms with van der Waals surface area (Å²) in [5.74, 6) is -2.05. The molecule has 1 aromatic carbocycles. The van der Waals surface area contributed by atoms with Crippen molar-refractivity contribution in [1.82, 2.24) is 4.90 Å². The second kappa shape index (κ2) is 11.3. The molecule has 9 nitrogen and oxygen atoms in total. The summed E-state index contributed by atoms with van der Waals surface area (Å²) in [6.07, 6.45) is -5.08. The van der Waals surface area contributed by atoms with Gasteiger partial charge in [0.15, 0.2) is 0 Å². The molecular formula is C14H18F3N3O6S. The molecule has 152 valence electrons. The van der Waals surface area contributed by atoms with Gasteiger partial charge in [0.2, 0.25) is 0 Å². The minimum atomic E-state index is -5.08. The number of carboxylic acid groups (broad SMARTS) is 1. The lowest BCUT2D eigenvalue weighted by atomic mass is 10.3. The van der Waals surface area contributed by atoms with Crippen LogP contribution in [0, 0.1) is 20.2 Å². The van der Waals surface area contributed by atoms with Gasteiger partial charge in [0.25, 0.3) is 11.4 Å². The number of non-ortho nitro benzene ring substituents is 1. The van der Waals surface area contributed by atoms with E-state index < -0.39 is 22.0 Å². The predicted octanol–water partition coefficient (Wildman–Crippen LogP) is 3.57. The average Bonchev–Trinajstić information content (AvgIpc) is 2.58. The Labute approximate surface area is 156 Å². The van der Waals surface area contributed by atoms with E-state index in [4.69, 9.17) is 9.90 Å². The van der Waals surface area contributed by atoms with Crippen molar-refractivity contribution >= 4 is 29.1 Å². The molecule has 0 heterocycles. The molecule has 0 amide bonds. The fourth-order valence-electron chi connectivity index (χ4n) is 1.71. The van der Waals surface area contributed by atoms with Gasteiger partial charge in [-0.1, -0.05) is 13.8 Å². The zero-order chi connectivity index (χ0) is 21.2. The maximum atomic E-state index is 11.0. The van der Waals surface area contributed by atoms with E-state index in [9.17, 15) is 33.4 Å². The number of nitrogens with zero attached hydrogens (tertiary/aromatic N) is 3. The Balaban J connectivity index is 0.000000821. The van der Waals surface area contributed by atoms with Gasteiger partial charge in [0.05, 0.1) is 20.8 Å². The van der Waals surface area contributed by atoms with Gasteiger partial charge in [-0.15, -0.1) is 11.8 Å². The Morgan fingerprint density at radius 3 is 2.07 bits per heavy atom. The van der Waals surface area contributed by atoms with Crippen LogP contribution in [0.3, 0.4) is 0 Å². The zero-order valence-corrected chi connectivity index (χ0v) is 15.2. The van der Waals surface area contributed by atoms with Crippen LogP contribution in [0.5, 0.6) is 0 Å². The number of nitro groups is 2. The monoisotopic (exact) mass is 413 g/mol. The molecule has 0 unspecified atom stereocenters. The summed E-state index contributed by atoms with van der Waals surface area (Å²) in [6, 6.07) is 3.76. The second-order valence-electron chi connectivity index (χ2n) is 4.84. The molecule has 0 aliphatic rings. The zero-order valence-electron chi connectivity index (χ0n) is 14.4. The number of hydrogen-bond acceptors (Lipinski definition) is 7. The van der Waals surface area contributed by atoms with Crippen molar-refractivity contribution in [1.29, 1.82) is 0 Å². The first-order chi connectivity index (χ1) is 12.4. The molecule has 1 aromatic rings. The first-order valence-electron chi connectivity index (χ1n) is 7.52. The van der Waals surface area contributed by atoms with E-state index in [1.165, 1.54) is 23.9 Å². The van der Waals surface area contributed by atoms with E-state index >= 15 is 0 Å². The number of rotatable bonds is 8. The molecule has 0 aliphatic carbocycles. The van der Waals surface area contributed by atoms with Gasteiger partial charge in [-0.05, 0) is 19.2 Å². The predicted molar refractivity (Wildman–Crippen MR) is 92.0 cm³/mol. The molecule has 0 saturated carbocycles. The maximum absolute atomic E-state index is 11.0. The van der Waals surface area contributed by atoms with E-state index in [0.29, 0.717) is 10.6 Å². The van der Waals surface area contributed by atoms with Gasteiger partial charge >= 0.3 is 12.1 Å². The highest BCUT2D eigenvalue weighted by molar-refractivity contribution is 7.99. The number of nitro benzene ring substituents is 2. The summed E-state index contributed by atoms with van der Waals surface area (Å²) < 4.78 is 31.7. The van der Waals surface area contributed by atoms with Crippen LogP contribution in [-0.4, -0.2) is 57.4 Å². The highest BCUT2D eigenvalue weighted by Crippen LogP contribution is 2.32. The third-order valence-corrected chi connectivity index (χ3v) is 4.19. The fraction of sp³-hybridized carbons (Fsp3) is 0.500. The average molecular weight is 413 g/mol. The number of carboxylic acids is 1. The summed E-state index contributed by atoms with van der Waals surface area (Å²) >= 11 is 1.35. The van der Waals surface area contributed by atoms with Crippen molar-refractivity contribution in [3.63, 3.8) is 0 Å². The van der Waals surface area contributed by atoms with Crippen LogP contribution >= 0.6 is 11.8 Å². The molecule has 0 atom stereocenters. The Morgan fingerprint density at radius 2 is 1.70 bits per heavy atom. The van der Waals surface area contributed by atoms with E-state index in [1.54, 1.807) is 0 Å². The van der Waals surface area contributed by atoms with E-state index in [-0.39, 0.29) is 11.4 Å². The van der Waals surface area contributed by atoms with Crippen LogP contribution in [0.2, 0.25) is 0 Å². The first kappa shape index (κ1) is 24.6. The van der Waals surface area contributed by atoms with Crippen LogP contribution in [0.25, 0.3) is 0 Å². The van der Waals surface area contributed by atoms with Crippen molar-refractivity contribution in [3.05, 3.63) is 38.4 Å². The molecule has 1 rings (SSSR count). The summed E-state index contributed by atoms with van der Waals surface area (Å²) in [5, 5.41) is 28.7. The minimum Gasteiger partial charge on any atom is -0.475 e. The molecule has 1 N–H and O–H groups in total. The molecule has 0 fully saturated rings. The van der Waals surface area contributed by atoms with Gasteiger partial charge in [0, 0.05) is 18.4 Å². The van der Waals surface area contributed by atoms with E-state index in [1.807, 2.05) is 0 Å². The fourth-order valence-corrected chi connectivity index (χ4v) is 2.72. The smallest absolute Gasteiger partial charge is 0.475 e. The third-order valence-electron chi connectivity index (χ3n) is 3.15. The Bertz CT molecular complexity index is 668. The number of halogens is 3. The molecule has 0 aliphatic heterocycles. The standard InChI is InChI=1S/C12H17N3O4S.C2HF3O2/c1-3-13(4-2)7-8-20-12-6-5-10(14(16)17)9-11(12)15(18)19;3-2(4,5)1(6)7/h5-6,9H,3-4,7-8H2,1-2H3;(H,6,7). The molecule has 0 spiro atoms. The molecule has 0 radical (unpaired) electrons. The highest BCUT2D eigenvalue weighted by atomic mass is 32.2. The van der Waals surface area contributed by atoms with Crippen molar-refractivity contribution in [2.24, 2.45) is 0 Å². The van der Waals surface area contributed by atoms with Crippen molar-refractivity contribution < 1.29 is 32.9 Å². The van der Waals surface area contributed by atoms with E-state index in [0.717, 1.165) is 25.7 Å². The van der Waals surface area contributed by atoms with Crippen LogP contribution in [0.4, 0.5) is 24.5 Å². The first-order valence-corrected chi connectivity index (χ1v) is 8.50. The van der Waals surface area contributed by atoms with Crippen LogP contribution in [0.1, 0.15) is 13.8 Å². The van der Waals surface area contributed by atoms with E-state index in [2.05, 4.69) is 18.7 Å². The SMILES string of the molecule is CCN(CC)CCSc1ccc([N+](=O)[O-])cc1[N+](=O)[O-].O=C(O)C(F)(F)F. The Morgan fingerprint density at radius 1 is 1.19 bits per heavy atom. The van der Waals surface area contributed by atoms with Gasteiger partial charge in [0.1, 0.15) is 0 Å². The number of alkyl halides is 3. The van der Waals surface area contributed by atoms with Gasteiger partial charge in [-0.3, -0.25) is 20.2 Å². The Kier molecular flexibility index (Phi) is 10.3. The van der Waals surface area contributed by atoms with Crippen molar-refractivity contribution in [3.8, 4) is 0 Å². The molecule has 0 aromatic heterocycles. The van der Waals surface area contributed by atoms with Gasteiger partial charge in [-0.25, -0.2) is 4.79 Å². The topological polar surface area (TPSA) is 127 Å². The summed E-state index contributed by atoms with van der Waals surface area (Å²) in [6.45, 7) is 6.80. The molecule has 13 heteroatoms. The van der Waals surface area contributed by atoms with Gasteiger partial charge in [-0.2, -0.15) is 13.2 Å². The van der Waals surface area contributed by atoms with Crippen molar-refractivity contribution in [2.45, 2.75) is 24.9 Å². The number of hydrogen-bond donors (Lipinski definition) is 1. The minimum absolute atomic E-state index is 0.205. The molecule has 0 saturated heterocycles. The normalized spacial score (nSPS) is 10.9. The largest absolute Gasteiger partial charge is 0.490 e. The number of benzene rings is 1. The molecule has 0 bridgehead atoms. The third kappa shape index (κ3) is 9.19. The van der Waals surface area contributed by atoms with Crippen LogP contribution in [-0.2, 0) is 4.79 Å². The van der Waals surface area contributed by atoms with Crippen LogP contribution < -0.4 is 0 Å². The lowest BCUT2D eigenvalue weighted by Gasteiger charge is -2.17. The maximum Gasteiger partial charge on any atom is 0.490 e. The molecule has 27 heavy (non-hydrogen) atoms. The summed E-state index contributed by atoms with van der Waals surface area (Å²) in [4.78, 5) is 32.0. The lowest BCUT2D eigenvalue weighted by Crippen LogP contribution is -2.25. The highest BCUT2D eigenvalue weighted by Gasteiger charge is 2.38. The quantitative estimate of drug-likeness (QED) is 0.389.